The molecule has 0 bridgehead atoms. The fourth-order valence-corrected chi connectivity index (χ4v) is 4.70. The number of nitrogens with one attached hydrogen (secondary N) is 1. The van der Waals surface area contributed by atoms with E-state index >= 15 is 0 Å². The van der Waals surface area contributed by atoms with Crippen molar-refractivity contribution in [3.63, 3.8) is 0 Å². The zero-order chi connectivity index (χ0) is 22.6. The average Bonchev–Trinajstić information content (AvgIpc) is 3.24. The summed E-state index contributed by atoms with van der Waals surface area (Å²) in [6, 6.07) is 4.19. The number of furan rings is 1. The molecule has 172 valence electrons. The first-order valence-electron chi connectivity index (χ1n) is 9.60. The van der Waals surface area contributed by atoms with Gasteiger partial charge >= 0.3 is 12.1 Å². The molecule has 31 heavy (non-hydrogen) atoms. The first-order chi connectivity index (χ1) is 14.6. The van der Waals surface area contributed by atoms with E-state index in [2.05, 4.69) is 14.7 Å². The van der Waals surface area contributed by atoms with Crippen molar-refractivity contribution in [2.24, 2.45) is 0 Å². The molecular formula is C18H23F3N4O5S. The summed E-state index contributed by atoms with van der Waals surface area (Å²) in [6.07, 6.45) is 2.51. The molecule has 1 atom stereocenters. The highest BCUT2D eigenvalue weighted by molar-refractivity contribution is 7.90. The quantitative estimate of drug-likeness (QED) is 0.645. The number of aliphatic carboxylic acids is 1. The van der Waals surface area contributed by atoms with Gasteiger partial charge in [-0.2, -0.15) is 18.3 Å². The van der Waals surface area contributed by atoms with E-state index in [9.17, 15) is 21.6 Å². The molecule has 4 rings (SSSR count). The summed E-state index contributed by atoms with van der Waals surface area (Å²) < 4.78 is 65.6. The summed E-state index contributed by atoms with van der Waals surface area (Å²) in [6.45, 7) is 2.98. The van der Waals surface area contributed by atoms with E-state index < -0.39 is 22.2 Å². The number of hydrogen-bond acceptors (Lipinski definition) is 6. The molecule has 1 fully saturated rings. The standard InChI is InChI=1S/C16H22N4O3S.C2HF3O2/c21-24(22,16-1-2-16)18-7-4-15-11-19(9-13-5-8-23-12-13)10-14-3-6-17-20(14)15;3-2(4,5)1(6)7/h3,5-6,8,12,15-16,18H,1-2,4,7,9-11H2;(H,6,7). The van der Waals surface area contributed by atoms with E-state index in [1.807, 2.05) is 23.0 Å². The van der Waals surface area contributed by atoms with Crippen LogP contribution in [-0.4, -0.2) is 58.7 Å². The Labute approximate surface area is 176 Å². The van der Waals surface area contributed by atoms with Gasteiger partial charge in [-0.15, -0.1) is 0 Å². The summed E-state index contributed by atoms with van der Waals surface area (Å²) in [7, 11) is -3.11. The molecular weight excluding hydrogens is 441 g/mol. The first-order valence-corrected chi connectivity index (χ1v) is 11.2. The Morgan fingerprint density at radius 1 is 1.32 bits per heavy atom. The molecule has 2 aliphatic rings. The van der Waals surface area contributed by atoms with Crippen molar-refractivity contribution >= 4 is 16.0 Å². The Morgan fingerprint density at radius 2 is 2.03 bits per heavy atom. The van der Waals surface area contributed by atoms with Gasteiger partial charge in [0, 0.05) is 37.9 Å². The molecule has 2 N–H and O–H groups in total. The minimum atomic E-state index is -5.08. The lowest BCUT2D eigenvalue weighted by atomic mass is 10.1. The number of rotatable bonds is 7. The zero-order valence-corrected chi connectivity index (χ0v) is 17.3. The number of hydrogen-bond donors (Lipinski definition) is 2. The van der Waals surface area contributed by atoms with Gasteiger partial charge in [-0.25, -0.2) is 17.9 Å². The molecule has 1 saturated carbocycles. The van der Waals surface area contributed by atoms with Crippen molar-refractivity contribution < 1.29 is 35.9 Å². The van der Waals surface area contributed by atoms with Gasteiger partial charge in [0.15, 0.2) is 0 Å². The van der Waals surface area contributed by atoms with Gasteiger partial charge in [0.25, 0.3) is 0 Å². The smallest absolute Gasteiger partial charge is 0.475 e. The van der Waals surface area contributed by atoms with Gasteiger partial charge in [-0.3, -0.25) is 9.58 Å². The monoisotopic (exact) mass is 464 g/mol. The van der Waals surface area contributed by atoms with Crippen LogP contribution in [0.15, 0.2) is 35.3 Å². The summed E-state index contributed by atoms with van der Waals surface area (Å²) in [5.74, 6) is -2.76. The maximum Gasteiger partial charge on any atom is 0.490 e. The van der Waals surface area contributed by atoms with Crippen LogP contribution in [0.4, 0.5) is 13.2 Å². The molecule has 0 saturated heterocycles. The number of aromatic nitrogens is 2. The van der Waals surface area contributed by atoms with Crippen LogP contribution >= 0.6 is 0 Å². The van der Waals surface area contributed by atoms with Crippen molar-refractivity contribution in [3.8, 4) is 0 Å². The Morgan fingerprint density at radius 3 is 2.61 bits per heavy atom. The molecule has 1 aliphatic carbocycles. The molecule has 0 amide bonds. The van der Waals surface area contributed by atoms with E-state index in [0.717, 1.165) is 44.5 Å². The van der Waals surface area contributed by atoms with Crippen LogP contribution in [0.2, 0.25) is 0 Å². The third-order valence-electron chi connectivity index (χ3n) is 4.93. The van der Waals surface area contributed by atoms with E-state index in [4.69, 9.17) is 14.3 Å². The molecule has 2 aromatic heterocycles. The summed E-state index contributed by atoms with van der Waals surface area (Å²) in [4.78, 5) is 11.2. The molecule has 2 aromatic rings. The number of carboxylic acid groups (broad SMARTS) is 1. The SMILES string of the molecule is O=C(O)C(F)(F)F.O=S(=O)(NCCC1CN(Cc2ccoc2)Cc2ccnn21)C1CC1. The lowest BCUT2D eigenvalue weighted by molar-refractivity contribution is -0.192. The minimum Gasteiger partial charge on any atom is -0.475 e. The minimum absolute atomic E-state index is 0.165. The molecule has 1 aliphatic heterocycles. The second-order valence-electron chi connectivity index (χ2n) is 7.45. The summed E-state index contributed by atoms with van der Waals surface area (Å²) in [5, 5.41) is 11.4. The Hall–Kier alpha value is -2.38. The number of carbonyl (C=O) groups is 1. The van der Waals surface area contributed by atoms with E-state index in [1.54, 1.807) is 12.5 Å². The van der Waals surface area contributed by atoms with Crippen LogP contribution in [0.5, 0.6) is 0 Å². The molecule has 0 radical (unpaired) electrons. The van der Waals surface area contributed by atoms with E-state index in [-0.39, 0.29) is 11.3 Å². The Kier molecular flexibility index (Phi) is 7.06. The molecule has 9 nitrogen and oxygen atoms in total. The topological polar surface area (TPSA) is 118 Å². The molecule has 1 unspecified atom stereocenters. The number of nitrogens with zero attached hydrogens (tertiary/aromatic N) is 3. The highest BCUT2D eigenvalue weighted by atomic mass is 32.2. The van der Waals surface area contributed by atoms with Gasteiger partial charge in [0.1, 0.15) is 0 Å². The fourth-order valence-electron chi connectivity index (χ4n) is 3.30. The van der Waals surface area contributed by atoms with Gasteiger partial charge < -0.3 is 9.52 Å². The molecule has 13 heteroatoms. The van der Waals surface area contributed by atoms with Crippen molar-refractivity contribution in [1.29, 1.82) is 0 Å². The van der Waals surface area contributed by atoms with Gasteiger partial charge in [-0.1, -0.05) is 0 Å². The summed E-state index contributed by atoms with van der Waals surface area (Å²) >= 11 is 0. The van der Waals surface area contributed by atoms with E-state index in [1.165, 1.54) is 5.69 Å². The normalized spacial score (nSPS) is 19.4. The second kappa shape index (κ2) is 9.40. The highest BCUT2D eigenvalue weighted by Gasteiger charge is 2.38. The molecule has 0 aromatic carbocycles. The number of sulfonamides is 1. The van der Waals surface area contributed by atoms with Crippen molar-refractivity contribution in [3.05, 3.63) is 42.1 Å². The zero-order valence-electron chi connectivity index (χ0n) is 16.5. The van der Waals surface area contributed by atoms with Crippen molar-refractivity contribution in [2.45, 2.75) is 49.8 Å². The number of alkyl halides is 3. The molecule has 3 heterocycles. The van der Waals surface area contributed by atoms with Crippen LogP contribution in [-0.2, 0) is 27.9 Å². The highest BCUT2D eigenvalue weighted by Crippen LogP contribution is 2.28. The van der Waals surface area contributed by atoms with Crippen LogP contribution in [0, 0.1) is 0 Å². The summed E-state index contributed by atoms with van der Waals surface area (Å²) in [5.41, 5.74) is 2.32. The van der Waals surface area contributed by atoms with Crippen molar-refractivity contribution in [1.82, 2.24) is 19.4 Å². The first kappa shape index (κ1) is 23.3. The largest absolute Gasteiger partial charge is 0.490 e. The number of fused-ring (bicyclic) bond motifs is 1. The van der Waals surface area contributed by atoms with Crippen molar-refractivity contribution in [2.75, 3.05) is 13.1 Å². The maximum atomic E-state index is 12.0. The van der Waals surface area contributed by atoms with Gasteiger partial charge in [0.2, 0.25) is 10.0 Å². The van der Waals surface area contributed by atoms with Crippen LogP contribution in [0.25, 0.3) is 0 Å². The predicted molar refractivity (Wildman–Crippen MR) is 102 cm³/mol. The van der Waals surface area contributed by atoms with Gasteiger partial charge in [-0.05, 0) is 31.4 Å². The van der Waals surface area contributed by atoms with Crippen LogP contribution < -0.4 is 4.72 Å². The molecule has 0 spiro atoms. The Balaban J connectivity index is 0.000000339. The van der Waals surface area contributed by atoms with E-state index in [0.29, 0.717) is 6.54 Å². The third-order valence-corrected chi connectivity index (χ3v) is 6.88. The lowest BCUT2D eigenvalue weighted by Crippen LogP contribution is -2.39. The van der Waals surface area contributed by atoms with Crippen LogP contribution in [0.3, 0.4) is 0 Å². The second-order valence-corrected chi connectivity index (χ2v) is 9.50. The predicted octanol–water partition coefficient (Wildman–Crippen LogP) is 2.14. The third kappa shape index (κ3) is 6.55. The fraction of sp³-hybridized carbons (Fsp3) is 0.556. The lowest BCUT2D eigenvalue weighted by Gasteiger charge is -2.33. The number of halogens is 3. The number of carboxylic acids is 1. The average molecular weight is 464 g/mol. The van der Waals surface area contributed by atoms with Crippen LogP contribution in [0.1, 0.15) is 36.6 Å². The Bertz CT molecular complexity index is 971. The van der Waals surface area contributed by atoms with Gasteiger partial charge in [0.05, 0.1) is 29.5 Å². The maximum absolute atomic E-state index is 12.0.